The molecule has 1 atom stereocenters. The number of hydrogen-bond acceptors (Lipinski definition) is 4. The van der Waals surface area contributed by atoms with Gasteiger partial charge in [0, 0.05) is 31.4 Å². The Labute approximate surface area is 113 Å². The van der Waals surface area contributed by atoms with Crippen LogP contribution in [0.4, 0.5) is 0 Å². The van der Waals surface area contributed by atoms with Crippen molar-refractivity contribution < 1.29 is 4.52 Å². The first kappa shape index (κ1) is 12.4. The van der Waals surface area contributed by atoms with Crippen molar-refractivity contribution in [2.45, 2.75) is 39.3 Å². The van der Waals surface area contributed by atoms with Gasteiger partial charge in [0.2, 0.25) is 0 Å². The van der Waals surface area contributed by atoms with E-state index in [2.05, 4.69) is 34.3 Å². The SMILES string of the molecule is Cc1cc([C@H]2CCCN2Cc2cn(C)nc2C)on1. The zero-order chi connectivity index (χ0) is 13.4. The minimum Gasteiger partial charge on any atom is -0.359 e. The van der Waals surface area contributed by atoms with E-state index in [4.69, 9.17) is 4.52 Å². The molecular weight excluding hydrogens is 240 g/mol. The van der Waals surface area contributed by atoms with Gasteiger partial charge in [-0.15, -0.1) is 0 Å². The van der Waals surface area contributed by atoms with Crippen molar-refractivity contribution in [3.8, 4) is 0 Å². The van der Waals surface area contributed by atoms with Crippen LogP contribution in [0.15, 0.2) is 16.8 Å². The van der Waals surface area contributed by atoms with Crippen molar-refractivity contribution in [2.75, 3.05) is 6.54 Å². The van der Waals surface area contributed by atoms with E-state index in [9.17, 15) is 0 Å². The van der Waals surface area contributed by atoms with Crippen LogP contribution in [0.2, 0.25) is 0 Å². The normalized spacial score (nSPS) is 20.3. The molecule has 5 nitrogen and oxygen atoms in total. The summed E-state index contributed by atoms with van der Waals surface area (Å²) in [7, 11) is 1.97. The first-order valence-electron chi connectivity index (χ1n) is 6.80. The maximum atomic E-state index is 5.44. The van der Waals surface area contributed by atoms with Gasteiger partial charge in [-0.1, -0.05) is 5.16 Å². The fraction of sp³-hybridized carbons (Fsp3) is 0.571. The smallest absolute Gasteiger partial charge is 0.154 e. The molecule has 3 rings (SSSR count). The maximum Gasteiger partial charge on any atom is 0.154 e. The molecule has 1 fully saturated rings. The minimum absolute atomic E-state index is 0.362. The van der Waals surface area contributed by atoms with Gasteiger partial charge in [0.25, 0.3) is 0 Å². The molecule has 0 saturated carbocycles. The number of likely N-dealkylation sites (tertiary alicyclic amines) is 1. The molecule has 1 aliphatic heterocycles. The van der Waals surface area contributed by atoms with Crippen molar-refractivity contribution in [3.63, 3.8) is 0 Å². The molecule has 2 aromatic rings. The third-order valence-corrected chi connectivity index (χ3v) is 3.83. The van der Waals surface area contributed by atoms with Crippen LogP contribution in [0.1, 0.15) is 41.6 Å². The lowest BCUT2D eigenvalue weighted by atomic mass is 10.1. The number of rotatable bonds is 3. The summed E-state index contributed by atoms with van der Waals surface area (Å²) in [4.78, 5) is 2.46. The monoisotopic (exact) mass is 260 g/mol. The summed E-state index contributed by atoms with van der Waals surface area (Å²) in [6.07, 6.45) is 4.47. The standard InChI is InChI=1S/C14H20N4O/c1-10-7-14(19-16-10)13-5-4-6-18(13)9-12-8-17(3)15-11(12)2/h7-8,13H,4-6,9H2,1-3H3/t13-/m1/s1. The fourth-order valence-electron chi connectivity index (χ4n) is 2.90. The number of aryl methyl sites for hydroxylation is 3. The average Bonchev–Trinajstić information content (AvgIpc) is 3.02. The lowest BCUT2D eigenvalue weighted by molar-refractivity contribution is 0.206. The maximum absolute atomic E-state index is 5.44. The Kier molecular flexibility index (Phi) is 3.14. The summed E-state index contributed by atoms with van der Waals surface area (Å²) in [5, 5.41) is 8.42. The summed E-state index contributed by atoms with van der Waals surface area (Å²) < 4.78 is 7.32. The Bertz CT molecular complexity index is 572. The minimum atomic E-state index is 0.362. The summed E-state index contributed by atoms with van der Waals surface area (Å²) in [5.41, 5.74) is 3.37. The fourth-order valence-corrected chi connectivity index (χ4v) is 2.90. The van der Waals surface area contributed by atoms with Gasteiger partial charge in [0.15, 0.2) is 5.76 Å². The summed E-state index contributed by atoms with van der Waals surface area (Å²) in [6, 6.07) is 2.42. The predicted molar refractivity (Wildman–Crippen MR) is 71.6 cm³/mol. The van der Waals surface area contributed by atoms with Gasteiger partial charge in [-0.2, -0.15) is 5.10 Å². The summed E-state index contributed by atoms with van der Waals surface area (Å²) in [6.45, 7) is 6.08. The molecule has 102 valence electrons. The molecule has 0 radical (unpaired) electrons. The molecule has 3 heterocycles. The van der Waals surface area contributed by atoms with E-state index in [1.807, 2.05) is 18.7 Å². The molecule has 1 aliphatic rings. The van der Waals surface area contributed by atoms with Crippen molar-refractivity contribution in [3.05, 3.63) is 35.0 Å². The van der Waals surface area contributed by atoms with E-state index in [0.29, 0.717) is 6.04 Å². The van der Waals surface area contributed by atoms with E-state index in [-0.39, 0.29) is 0 Å². The van der Waals surface area contributed by atoms with Gasteiger partial charge < -0.3 is 4.52 Å². The van der Waals surface area contributed by atoms with Crippen molar-refractivity contribution >= 4 is 0 Å². The van der Waals surface area contributed by atoms with Crippen LogP contribution in [0.3, 0.4) is 0 Å². The zero-order valence-corrected chi connectivity index (χ0v) is 11.8. The molecule has 0 unspecified atom stereocenters. The van der Waals surface area contributed by atoms with Crippen LogP contribution >= 0.6 is 0 Å². The largest absolute Gasteiger partial charge is 0.359 e. The van der Waals surface area contributed by atoms with Crippen LogP contribution < -0.4 is 0 Å². The molecule has 2 aromatic heterocycles. The van der Waals surface area contributed by atoms with Crippen molar-refractivity contribution in [1.82, 2.24) is 19.8 Å². The van der Waals surface area contributed by atoms with Gasteiger partial charge in [0.1, 0.15) is 0 Å². The topological polar surface area (TPSA) is 47.1 Å². The molecule has 0 amide bonds. The highest BCUT2D eigenvalue weighted by atomic mass is 16.5. The Morgan fingerprint density at radius 2 is 2.26 bits per heavy atom. The third-order valence-electron chi connectivity index (χ3n) is 3.83. The number of aromatic nitrogens is 3. The van der Waals surface area contributed by atoms with E-state index < -0.39 is 0 Å². The van der Waals surface area contributed by atoms with E-state index in [1.165, 1.54) is 12.0 Å². The predicted octanol–water partition coefficient (Wildman–Crippen LogP) is 2.36. The van der Waals surface area contributed by atoms with Crippen LogP contribution in [0.5, 0.6) is 0 Å². The van der Waals surface area contributed by atoms with Gasteiger partial charge in [-0.3, -0.25) is 9.58 Å². The second kappa shape index (κ2) is 4.81. The second-order valence-electron chi connectivity index (χ2n) is 5.41. The zero-order valence-electron chi connectivity index (χ0n) is 11.8. The number of nitrogens with zero attached hydrogens (tertiary/aromatic N) is 4. The van der Waals surface area contributed by atoms with Crippen LogP contribution in [-0.2, 0) is 13.6 Å². The summed E-state index contributed by atoms with van der Waals surface area (Å²) in [5.74, 6) is 0.997. The average molecular weight is 260 g/mol. The summed E-state index contributed by atoms with van der Waals surface area (Å²) >= 11 is 0. The molecular formula is C14H20N4O. The molecule has 0 aliphatic carbocycles. The van der Waals surface area contributed by atoms with Crippen molar-refractivity contribution in [1.29, 1.82) is 0 Å². The highest BCUT2D eigenvalue weighted by Crippen LogP contribution is 2.33. The third kappa shape index (κ3) is 2.42. The van der Waals surface area contributed by atoms with Gasteiger partial charge in [-0.25, -0.2) is 0 Å². The highest BCUT2D eigenvalue weighted by molar-refractivity contribution is 5.17. The Hall–Kier alpha value is -1.62. The molecule has 0 aromatic carbocycles. The molecule has 0 bridgehead atoms. The molecule has 19 heavy (non-hydrogen) atoms. The van der Waals surface area contributed by atoms with Crippen LogP contribution in [0, 0.1) is 13.8 Å². The first-order chi connectivity index (χ1) is 9.13. The van der Waals surface area contributed by atoms with E-state index >= 15 is 0 Å². The van der Waals surface area contributed by atoms with E-state index in [0.717, 1.165) is 36.7 Å². The van der Waals surface area contributed by atoms with Crippen LogP contribution in [0.25, 0.3) is 0 Å². The second-order valence-corrected chi connectivity index (χ2v) is 5.41. The van der Waals surface area contributed by atoms with Gasteiger partial charge in [0.05, 0.1) is 17.4 Å². The van der Waals surface area contributed by atoms with Crippen molar-refractivity contribution in [2.24, 2.45) is 7.05 Å². The molecule has 1 saturated heterocycles. The van der Waals surface area contributed by atoms with Gasteiger partial charge in [-0.05, 0) is 33.2 Å². The molecule has 0 N–H and O–H groups in total. The quantitative estimate of drug-likeness (QED) is 0.850. The molecule has 0 spiro atoms. The highest BCUT2D eigenvalue weighted by Gasteiger charge is 2.29. The van der Waals surface area contributed by atoms with Gasteiger partial charge >= 0.3 is 0 Å². The Balaban J connectivity index is 1.78. The Morgan fingerprint density at radius 1 is 1.42 bits per heavy atom. The lowest BCUT2D eigenvalue weighted by Crippen LogP contribution is -2.22. The first-order valence-corrected chi connectivity index (χ1v) is 6.80. The molecule has 5 heteroatoms. The lowest BCUT2D eigenvalue weighted by Gasteiger charge is -2.21. The Morgan fingerprint density at radius 3 is 2.89 bits per heavy atom. The van der Waals surface area contributed by atoms with Crippen LogP contribution in [-0.4, -0.2) is 26.4 Å². The van der Waals surface area contributed by atoms with E-state index in [1.54, 1.807) is 0 Å². The number of hydrogen-bond donors (Lipinski definition) is 0.